The summed E-state index contributed by atoms with van der Waals surface area (Å²) >= 11 is 0. The summed E-state index contributed by atoms with van der Waals surface area (Å²) in [7, 11) is 0. The van der Waals surface area contributed by atoms with Crippen LogP contribution >= 0.6 is 0 Å². The molecule has 4 rings (SSSR count). The third kappa shape index (κ3) is 3.44. The number of carbonyl (C=O) groups excluding carboxylic acids is 1. The van der Waals surface area contributed by atoms with Crippen LogP contribution in [-0.4, -0.2) is 29.1 Å². The van der Waals surface area contributed by atoms with Gasteiger partial charge in [-0.15, -0.1) is 0 Å². The zero-order chi connectivity index (χ0) is 22.5. The molecule has 0 amide bonds. The second-order valence-electron chi connectivity index (χ2n) is 8.27. The third-order valence-electron chi connectivity index (χ3n) is 6.05. The summed E-state index contributed by atoms with van der Waals surface area (Å²) in [5.74, 6) is -1.15. The molecule has 0 bridgehead atoms. The molecule has 2 aliphatic rings. The number of ether oxygens (including phenoxy) is 1. The Balaban J connectivity index is 1.75. The van der Waals surface area contributed by atoms with Gasteiger partial charge in [0.15, 0.2) is 5.78 Å². The first-order valence-corrected chi connectivity index (χ1v) is 10.0. The number of pyridine rings is 1. The highest BCUT2D eigenvalue weighted by atomic mass is 19.1. The van der Waals surface area contributed by atoms with E-state index in [9.17, 15) is 9.18 Å². The van der Waals surface area contributed by atoms with Crippen molar-refractivity contribution >= 4 is 11.8 Å². The van der Waals surface area contributed by atoms with Crippen molar-refractivity contribution in [2.45, 2.75) is 51.4 Å². The van der Waals surface area contributed by atoms with E-state index in [0.29, 0.717) is 28.7 Å². The van der Waals surface area contributed by atoms with Crippen molar-refractivity contribution in [3.63, 3.8) is 0 Å². The molecule has 1 unspecified atom stereocenters. The molecule has 1 fully saturated rings. The fourth-order valence-corrected chi connectivity index (χ4v) is 4.50. The molecule has 1 aliphatic heterocycles. The number of nitrogens with two attached hydrogens (primary N) is 1. The summed E-state index contributed by atoms with van der Waals surface area (Å²) < 4.78 is 35.6. The van der Waals surface area contributed by atoms with Crippen LogP contribution in [0.2, 0.25) is 0 Å². The van der Waals surface area contributed by atoms with E-state index in [4.69, 9.17) is 15.7 Å². The second kappa shape index (κ2) is 7.41. The van der Waals surface area contributed by atoms with Gasteiger partial charge in [-0.2, -0.15) is 5.26 Å². The fraction of sp³-hybridized carbons (Fsp3) is 0.391. The molecule has 1 aromatic carbocycles. The van der Waals surface area contributed by atoms with Gasteiger partial charge >= 0.3 is 0 Å². The summed E-state index contributed by atoms with van der Waals surface area (Å²) in [6.45, 7) is 4.62. The van der Waals surface area contributed by atoms with Crippen LogP contribution in [0.5, 0.6) is 0 Å². The quantitative estimate of drug-likeness (QED) is 0.741. The van der Waals surface area contributed by atoms with E-state index in [1.165, 1.54) is 19.2 Å². The number of hydrogen-bond acceptors (Lipinski definition) is 6. The maximum absolute atomic E-state index is 15.3. The molecule has 2 heterocycles. The number of carbonyl (C=O) groups is 1. The number of aryl methyl sites for hydroxylation is 2. The molecule has 0 radical (unpaired) electrons. The molecule has 2 N–H and O–H groups in total. The predicted molar refractivity (Wildman–Crippen MR) is 110 cm³/mol. The monoisotopic (exact) mass is 424 g/mol. The lowest BCUT2D eigenvalue weighted by Crippen LogP contribution is -2.44. The maximum Gasteiger partial charge on any atom is 0.283 e. The first-order chi connectivity index (χ1) is 14.7. The number of benzene rings is 1. The van der Waals surface area contributed by atoms with E-state index in [1.807, 2.05) is 6.07 Å². The minimum atomic E-state index is -1.51. The molecule has 31 heavy (non-hydrogen) atoms. The minimum Gasteiger partial charge on any atom is -0.462 e. The van der Waals surface area contributed by atoms with Crippen molar-refractivity contribution in [2.24, 2.45) is 16.6 Å². The van der Waals surface area contributed by atoms with Crippen LogP contribution in [0.3, 0.4) is 0 Å². The van der Waals surface area contributed by atoms with Crippen LogP contribution in [-0.2, 0) is 16.7 Å². The zero-order valence-electron chi connectivity index (χ0n) is 17.4. The van der Waals surface area contributed by atoms with Gasteiger partial charge in [0.1, 0.15) is 35.4 Å². The van der Waals surface area contributed by atoms with Crippen molar-refractivity contribution in [1.82, 2.24) is 4.98 Å². The Hall–Kier alpha value is -3.34. The highest BCUT2D eigenvalue weighted by Crippen LogP contribution is 2.56. The molecule has 8 heteroatoms. The molecular weight excluding hydrogens is 402 g/mol. The van der Waals surface area contributed by atoms with Crippen LogP contribution in [0.15, 0.2) is 29.4 Å². The molecule has 4 atom stereocenters. The Bertz CT molecular complexity index is 1150. The summed E-state index contributed by atoms with van der Waals surface area (Å²) in [6, 6.07) is 6.50. The van der Waals surface area contributed by atoms with Gasteiger partial charge in [-0.05, 0) is 56.0 Å². The van der Waals surface area contributed by atoms with E-state index in [2.05, 4.69) is 9.98 Å². The van der Waals surface area contributed by atoms with E-state index in [-0.39, 0.29) is 41.5 Å². The average molecular weight is 424 g/mol. The molecule has 6 nitrogen and oxygen atoms in total. The summed E-state index contributed by atoms with van der Waals surface area (Å²) in [5, 5.41) is 8.98. The Morgan fingerprint density at radius 3 is 2.77 bits per heavy atom. The minimum absolute atomic E-state index is 0.0472. The predicted octanol–water partition coefficient (Wildman–Crippen LogP) is 3.42. The highest BCUT2D eigenvalue weighted by Gasteiger charge is 2.62. The standard InChI is InChI=1S/C23H22F2N4O2/c1-11-4-14(7-18(30)21-12(2)5-15(9-26)10-28-21)6-17(20(11)25)23(13(3)24)16-8-19(16)31-22(27)29-23/h4-6,10,13,16,19H,7-8H2,1-3H3,(H2,27,29)/t13?,16-,19+,23-/m0/s1. The lowest BCUT2D eigenvalue weighted by molar-refractivity contribution is 0.0987. The number of halogens is 2. The first-order valence-electron chi connectivity index (χ1n) is 10.0. The molecular formula is C23H22F2N4O2. The topological polar surface area (TPSA) is 101 Å². The Labute approximate surface area is 178 Å². The van der Waals surface area contributed by atoms with Gasteiger partial charge in [0.25, 0.3) is 6.02 Å². The second-order valence-corrected chi connectivity index (χ2v) is 8.27. The van der Waals surface area contributed by atoms with Crippen molar-refractivity contribution in [3.8, 4) is 6.07 Å². The van der Waals surface area contributed by atoms with Crippen LogP contribution < -0.4 is 5.73 Å². The van der Waals surface area contributed by atoms with Gasteiger partial charge in [0.2, 0.25) is 0 Å². The number of hydrogen-bond donors (Lipinski definition) is 1. The van der Waals surface area contributed by atoms with Gasteiger partial charge < -0.3 is 10.5 Å². The van der Waals surface area contributed by atoms with Crippen molar-refractivity contribution in [2.75, 3.05) is 0 Å². The fourth-order valence-electron chi connectivity index (χ4n) is 4.50. The van der Waals surface area contributed by atoms with Crippen molar-refractivity contribution < 1.29 is 18.3 Å². The molecule has 2 aromatic rings. The Kier molecular flexibility index (Phi) is 5.00. The van der Waals surface area contributed by atoms with Gasteiger partial charge in [0.05, 0.1) is 5.56 Å². The molecule has 0 saturated heterocycles. The van der Waals surface area contributed by atoms with Crippen molar-refractivity contribution in [1.29, 1.82) is 5.26 Å². The van der Waals surface area contributed by atoms with E-state index in [1.54, 1.807) is 26.0 Å². The first kappa shape index (κ1) is 20.9. The smallest absolute Gasteiger partial charge is 0.283 e. The number of fused-ring (bicyclic) bond motifs is 1. The molecule has 1 saturated carbocycles. The number of rotatable bonds is 5. The Morgan fingerprint density at radius 2 is 2.13 bits per heavy atom. The van der Waals surface area contributed by atoms with Gasteiger partial charge in [0, 0.05) is 24.1 Å². The van der Waals surface area contributed by atoms with Gasteiger partial charge in [-0.3, -0.25) is 9.78 Å². The lowest BCUT2D eigenvalue weighted by atomic mass is 9.79. The molecule has 160 valence electrons. The molecule has 1 aliphatic carbocycles. The number of nitrogens with zero attached hydrogens (tertiary/aromatic N) is 3. The lowest BCUT2D eigenvalue weighted by Gasteiger charge is -2.35. The largest absolute Gasteiger partial charge is 0.462 e. The van der Waals surface area contributed by atoms with Gasteiger partial charge in [-0.25, -0.2) is 13.8 Å². The van der Waals surface area contributed by atoms with Crippen molar-refractivity contribution in [3.05, 3.63) is 63.7 Å². The third-order valence-corrected chi connectivity index (χ3v) is 6.05. The summed E-state index contributed by atoms with van der Waals surface area (Å²) in [5.41, 5.74) is 6.40. The van der Waals surface area contributed by atoms with Crippen LogP contribution in [0.25, 0.3) is 0 Å². The maximum atomic E-state index is 15.3. The number of alkyl halides is 1. The normalized spacial score (nSPS) is 25.0. The van der Waals surface area contributed by atoms with Crippen LogP contribution in [0.4, 0.5) is 8.78 Å². The number of ketones is 1. The number of aromatic nitrogens is 1. The Morgan fingerprint density at radius 1 is 1.39 bits per heavy atom. The van der Waals surface area contributed by atoms with E-state index >= 15 is 4.39 Å². The van der Waals surface area contributed by atoms with Crippen LogP contribution in [0.1, 0.15) is 51.7 Å². The average Bonchev–Trinajstić information content (AvgIpc) is 3.49. The van der Waals surface area contributed by atoms with Gasteiger partial charge in [-0.1, -0.05) is 6.07 Å². The summed E-state index contributed by atoms with van der Waals surface area (Å²) in [4.78, 5) is 21.2. The highest BCUT2D eigenvalue weighted by molar-refractivity contribution is 5.97. The summed E-state index contributed by atoms with van der Waals surface area (Å²) in [6.07, 6.45) is 0.0372. The van der Waals surface area contributed by atoms with Crippen LogP contribution in [0, 0.1) is 36.9 Å². The number of Topliss-reactive ketones (excluding diaryl/α,β-unsaturated/α-hetero) is 1. The van der Waals surface area contributed by atoms with E-state index in [0.717, 1.165) is 0 Å². The number of amidine groups is 1. The van der Waals surface area contributed by atoms with E-state index < -0.39 is 17.5 Å². The molecule has 1 aromatic heterocycles. The number of aliphatic imine (C=N–C) groups is 1. The SMILES string of the molecule is Cc1cc(C#N)cnc1C(=O)Cc1cc(C)c(F)c([C@@]2(C(C)F)N=C(N)O[C@@H]3C[C@@H]32)c1. The molecule has 0 spiro atoms. The number of nitriles is 1. The zero-order valence-corrected chi connectivity index (χ0v) is 17.4.